The first-order valence-electron chi connectivity index (χ1n) is 5.91. The van der Waals surface area contributed by atoms with Gasteiger partial charge in [-0.25, -0.2) is 0 Å². The Morgan fingerprint density at radius 1 is 1.39 bits per heavy atom. The van der Waals surface area contributed by atoms with Crippen molar-refractivity contribution in [1.82, 2.24) is 25.3 Å². The van der Waals surface area contributed by atoms with Crippen molar-refractivity contribution < 1.29 is 9.59 Å². The van der Waals surface area contributed by atoms with Gasteiger partial charge in [0.1, 0.15) is 0 Å². The molecule has 1 fully saturated rings. The third kappa shape index (κ3) is 2.86. The fourth-order valence-electron chi connectivity index (χ4n) is 1.94. The number of hydrogen-bond donors (Lipinski definition) is 2. The number of carbonyl (C=O) groups is 2. The van der Waals surface area contributed by atoms with Crippen LogP contribution in [-0.4, -0.2) is 71.6 Å². The standard InChI is InChI=1S/C11H17N5O2/c1-12-10(17)8-15-2-4-16(5-3-15)11(18)9-6-13-14-7-9/h6-7H,2-5,8H2,1H3,(H,12,17)(H,13,14). The number of aromatic amines is 1. The highest BCUT2D eigenvalue weighted by Crippen LogP contribution is 2.07. The summed E-state index contributed by atoms with van der Waals surface area (Å²) < 4.78 is 0. The lowest BCUT2D eigenvalue weighted by molar-refractivity contribution is -0.122. The van der Waals surface area contributed by atoms with E-state index < -0.39 is 0 Å². The van der Waals surface area contributed by atoms with E-state index in [1.54, 1.807) is 18.1 Å². The number of hydrogen-bond acceptors (Lipinski definition) is 4. The number of piperazine rings is 1. The van der Waals surface area contributed by atoms with Crippen LogP contribution in [0.25, 0.3) is 0 Å². The summed E-state index contributed by atoms with van der Waals surface area (Å²) in [5, 5.41) is 8.99. The summed E-state index contributed by atoms with van der Waals surface area (Å²) >= 11 is 0. The Labute approximate surface area is 105 Å². The zero-order valence-corrected chi connectivity index (χ0v) is 10.3. The first-order chi connectivity index (χ1) is 8.70. The Morgan fingerprint density at radius 3 is 2.67 bits per heavy atom. The molecule has 7 heteroatoms. The lowest BCUT2D eigenvalue weighted by Gasteiger charge is -2.34. The second kappa shape index (κ2) is 5.63. The minimum Gasteiger partial charge on any atom is -0.358 e. The highest BCUT2D eigenvalue weighted by atomic mass is 16.2. The van der Waals surface area contributed by atoms with Gasteiger partial charge in [-0.2, -0.15) is 5.10 Å². The molecule has 0 aliphatic carbocycles. The van der Waals surface area contributed by atoms with Crippen LogP contribution in [0.15, 0.2) is 12.4 Å². The molecule has 0 aromatic carbocycles. The molecule has 1 aromatic rings. The third-order valence-corrected chi connectivity index (χ3v) is 3.05. The summed E-state index contributed by atoms with van der Waals surface area (Å²) in [6.07, 6.45) is 3.12. The van der Waals surface area contributed by atoms with Gasteiger partial charge in [0.05, 0.1) is 18.3 Å². The van der Waals surface area contributed by atoms with Crippen molar-refractivity contribution in [2.24, 2.45) is 0 Å². The second-order valence-corrected chi connectivity index (χ2v) is 4.23. The van der Waals surface area contributed by atoms with Crippen LogP contribution in [0.1, 0.15) is 10.4 Å². The quantitative estimate of drug-likeness (QED) is 0.715. The largest absolute Gasteiger partial charge is 0.358 e. The van der Waals surface area contributed by atoms with Crippen molar-refractivity contribution in [1.29, 1.82) is 0 Å². The van der Waals surface area contributed by atoms with E-state index in [0.717, 1.165) is 13.1 Å². The van der Waals surface area contributed by atoms with Crippen molar-refractivity contribution in [3.63, 3.8) is 0 Å². The molecule has 0 spiro atoms. The monoisotopic (exact) mass is 251 g/mol. The molecule has 1 aromatic heterocycles. The van der Waals surface area contributed by atoms with E-state index in [9.17, 15) is 9.59 Å². The van der Waals surface area contributed by atoms with Crippen LogP contribution in [0, 0.1) is 0 Å². The molecule has 2 rings (SSSR count). The van der Waals surface area contributed by atoms with Gasteiger partial charge in [-0.15, -0.1) is 0 Å². The molecular formula is C11H17N5O2. The van der Waals surface area contributed by atoms with Crippen LogP contribution in [0.5, 0.6) is 0 Å². The maximum atomic E-state index is 12.0. The maximum Gasteiger partial charge on any atom is 0.257 e. The van der Waals surface area contributed by atoms with E-state index in [2.05, 4.69) is 15.5 Å². The zero-order valence-electron chi connectivity index (χ0n) is 10.3. The molecule has 0 radical (unpaired) electrons. The molecular weight excluding hydrogens is 234 g/mol. The van der Waals surface area contributed by atoms with Gasteiger partial charge in [-0.3, -0.25) is 19.6 Å². The molecule has 0 bridgehead atoms. The molecule has 0 saturated carbocycles. The fraction of sp³-hybridized carbons (Fsp3) is 0.545. The molecule has 2 heterocycles. The Kier molecular flexibility index (Phi) is 3.93. The summed E-state index contributed by atoms with van der Waals surface area (Å²) in [6, 6.07) is 0. The number of nitrogens with one attached hydrogen (secondary N) is 2. The topological polar surface area (TPSA) is 81.3 Å². The Hall–Kier alpha value is -1.89. The SMILES string of the molecule is CNC(=O)CN1CCN(C(=O)c2cn[nH]c2)CC1. The van der Waals surface area contributed by atoms with Crippen LogP contribution in [0.3, 0.4) is 0 Å². The summed E-state index contributed by atoms with van der Waals surface area (Å²) in [5.74, 6) is -0.00652. The molecule has 0 unspecified atom stereocenters. The van der Waals surface area contributed by atoms with Crippen LogP contribution >= 0.6 is 0 Å². The lowest BCUT2D eigenvalue weighted by atomic mass is 10.2. The highest BCUT2D eigenvalue weighted by molar-refractivity contribution is 5.93. The van der Waals surface area contributed by atoms with Crippen LogP contribution < -0.4 is 5.32 Å². The number of amides is 2. The van der Waals surface area contributed by atoms with Crippen LogP contribution in [0.2, 0.25) is 0 Å². The number of rotatable bonds is 3. The van der Waals surface area contributed by atoms with Gasteiger partial charge in [0.25, 0.3) is 5.91 Å². The molecule has 2 amide bonds. The molecule has 7 nitrogen and oxygen atoms in total. The van der Waals surface area contributed by atoms with E-state index in [1.165, 1.54) is 6.20 Å². The average molecular weight is 251 g/mol. The van der Waals surface area contributed by atoms with Crippen molar-refractivity contribution in [2.45, 2.75) is 0 Å². The predicted octanol–water partition coefficient (Wildman–Crippen LogP) is -1.09. The molecule has 1 aliphatic heterocycles. The van der Waals surface area contributed by atoms with Crippen LogP contribution in [-0.2, 0) is 4.79 Å². The summed E-state index contributed by atoms with van der Waals surface area (Å²) in [6.45, 7) is 3.11. The van der Waals surface area contributed by atoms with Gasteiger partial charge < -0.3 is 10.2 Å². The number of H-pyrrole nitrogens is 1. The van der Waals surface area contributed by atoms with Crippen molar-refractivity contribution in [3.8, 4) is 0 Å². The minimum atomic E-state index is -0.0108. The number of nitrogens with zero attached hydrogens (tertiary/aromatic N) is 3. The molecule has 18 heavy (non-hydrogen) atoms. The summed E-state index contributed by atoms with van der Waals surface area (Å²) in [5.41, 5.74) is 0.578. The van der Waals surface area contributed by atoms with Gasteiger partial charge in [0.2, 0.25) is 5.91 Å². The number of likely N-dealkylation sites (N-methyl/N-ethyl adjacent to an activating group) is 1. The van der Waals surface area contributed by atoms with Gasteiger partial charge in [0.15, 0.2) is 0 Å². The maximum absolute atomic E-state index is 12.0. The lowest BCUT2D eigenvalue weighted by Crippen LogP contribution is -2.50. The summed E-state index contributed by atoms with van der Waals surface area (Å²) in [7, 11) is 1.63. The Balaban J connectivity index is 1.83. The van der Waals surface area contributed by atoms with E-state index in [1.807, 2.05) is 4.90 Å². The highest BCUT2D eigenvalue weighted by Gasteiger charge is 2.23. The van der Waals surface area contributed by atoms with E-state index in [0.29, 0.717) is 25.2 Å². The fourth-order valence-corrected chi connectivity index (χ4v) is 1.94. The Morgan fingerprint density at radius 2 is 2.11 bits per heavy atom. The van der Waals surface area contributed by atoms with Crippen molar-refractivity contribution in [2.75, 3.05) is 39.8 Å². The predicted molar refractivity (Wildman–Crippen MR) is 65.0 cm³/mol. The second-order valence-electron chi connectivity index (χ2n) is 4.23. The minimum absolute atomic E-state index is 0.00427. The van der Waals surface area contributed by atoms with Crippen LogP contribution in [0.4, 0.5) is 0 Å². The van der Waals surface area contributed by atoms with E-state index in [4.69, 9.17) is 0 Å². The molecule has 1 saturated heterocycles. The van der Waals surface area contributed by atoms with Gasteiger partial charge in [-0.05, 0) is 0 Å². The number of aromatic nitrogens is 2. The first kappa shape index (κ1) is 12.6. The first-order valence-corrected chi connectivity index (χ1v) is 5.91. The molecule has 0 atom stereocenters. The van der Waals surface area contributed by atoms with Gasteiger partial charge in [-0.1, -0.05) is 0 Å². The smallest absolute Gasteiger partial charge is 0.257 e. The summed E-state index contributed by atoms with van der Waals surface area (Å²) in [4.78, 5) is 27.1. The van der Waals surface area contributed by atoms with E-state index >= 15 is 0 Å². The van der Waals surface area contributed by atoms with Gasteiger partial charge >= 0.3 is 0 Å². The van der Waals surface area contributed by atoms with Gasteiger partial charge in [0, 0.05) is 39.4 Å². The molecule has 2 N–H and O–H groups in total. The van der Waals surface area contributed by atoms with E-state index in [-0.39, 0.29) is 11.8 Å². The molecule has 98 valence electrons. The Bertz CT molecular complexity index is 409. The third-order valence-electron chi connectivity index (χ3n) is 3.05. The number of carbonyl (C=O) groups excluding carboxylic acids is 2. The van der Waals surface area contributed by atoms with Crippen molar-refractivity contribution in [3.05, 3.63) is 18.0 Å². The molecule has 1 aliphatic rings. The average Bonchev–Trinajstić information content (AvgIpc) is 2.92. The normalized spacial score (nSPS) is 16.6. The zero-order chi connectivity index (χ0) is 13.0. The van der Waals surface area contributed by atoms with Crippen molar-refractivity contribution >= 4 is 11.8 Å².